The van der Waals surface area contributed by atoms with E-state index in [1.807, 2.05) is 6.92 Å². The van der Waals surface area contributed by atoms with Crippen molar-refractivity contribution in [3.63, 3.8) is 0 Å². The highest BCUT2D eigenvalue weighted by atomic mass is 35.5. The summed E-state index contributed by atoms with van der Waals surface area (Å²) in [5.41, 5.74) is 0.791. The van der Waals surface area contributed by atoms with Crippen molar-refractivity contribution in [1.82, 2.24) is 0 Å². The molecule has 0 radical (unpaired) electrons. The van der Waals surface area contributed by atoms with Gasteiger partial charge in [0.25, 0.3) is 0 Å². The fraction of sp³-hybridized carbons (Fsp3) is 0.333. The van der Waals surface area contributed by atoms with Crippen molar-refractivity contribution in [1.29, 1.82) is 0 Å². The number of hydrogen-bond acceptors (Lipinski definition) is 4. The number of rotatable bonds is 4. The van der Waals surface area contributed by atoms with Crippen LogP contribution in [0.2, 0.25) is 10.0 Å². The minimum Gasteiger partial charge on any atom is -0.424 e. The van der Waals surface area contributed by atoms with Crippen LogP contribution in [0.25, 0.3) is 0 Å². The molecule has 0 aromatic heterocycles. The molecule has 0 aliphatic carbocycles. The summed E-state index contributed by atoms with van der Waals surface area (Å²) in [7, 11) is 2.86. The highest BCUT2D eigenvalue weighted by Crippen LogP contribution is 2.49. The first-order valence-electron chi connectivity index (χ1n) is 4.28. The van der Waals surface area contributed by atoms with Crippen LogP contribution in [0, 0.1) is 6.92 Å². The van der Waals surface area contributed by atoms with E-state index in [9.17, 15) is 0 Å². The fourth-order valence-electron chi connectivity index (χ4n) is 0.953. The van der Waals surface area contributed by atoms with Crippen LogP contribution in [-0.4, -0.2) is 14.2 Å². The summed E-state index contributed by atoms with van der Waals surface area (Å²) in [6, 6.07) is 3.25. The number of hydrogen-bond donors (Lipinski definition) is 0. The largest absolute Gasteiger partial charge is 0.424 e. The first-order chi connectivity index (χ1) is 7.41. The van der Waals surface area contributed by atoms with Gasteiger partial charge in [-0.1, -0.05) is 23.2 Å². The highest BCUT2D eigenvalue weighted by Gasteiger charge is 2.19. The molecule has 1 aromatic rings. The van der Waals surface area contributed by atoms with Crippen LogP contribution in [0.3, 0.4) is 0 Å². The standard InChI is InChI=1S/C9H11Cl2O3PS/c1-6-8(10)4-7(5-9(6)11)14-15(16,12-2)13-3/h4-5H,1-3H3. The molecule has 0 atom stereocenters. The molecule has 0 aliphatic heterocycles. The molecule has 1 rings (SSSR count). The number of halogens is 2. The summed E-state index contributed by atoms with van der Waals surface area (Å²) in [5, 5.41) is 1.02. The maximum Gasteiger partial charge on any atom is 0.380 e. The molecule has 0 bridgehead atoms. The Balaban J connectivity index is 3.03. The quantitative estimate of drug-likeness (QED) is 0.779. The van der Waals surface area contributed by atoms with Crippen molar-refractivity contribution in [2.24, 2.45) is 0 Å². The second kappa shape index (κ2) is 5.67. The van der Waals surface area contributed by atoms with Gasteiger partial charge in [0.1, 0.15) is 5.75 Å². The van der Waals surface area contributed by atoms with Crippen LogP contribution in [0.1, 0.15) is 5.56 Å². The molecule has 0 aliphatic rings. The molecule has 0 N–H and O–H groups in total. The molecule has 16 heavy (non-hydrogen) atoms. The van der Waals surface area contributed by atoms with Crippen LogP contribution in [0.5, 0.6) is 5.75 Å². The Hall–Kier alpha value is 0.170. The topological polar surface area (TPSA) is 27.7 Å². The molecule has 0 amide bonds. The summed E-state index contributed by atoms with van der Waals surface area (Å²) in [4.78, 5) is 0. The molecule has 90 valence electrons. The van der Waals surface area contributed by atoms with Crippen LogP contribution in [-0.2, 0) is 20.9 Å². The Bertz CT molecular complexity index is 408. The van der Waals surface area contributed by atoms with Crippen molar-refractivity contribution in [2.75, 3.05) is 14.2 Å². The Morgan fingerprint density at radius 3 is 1.94 bits per heavy atom. The van der Waals surface area contributed by atoms with E-state index in [1.165, 1.54) is 14.2 Å². The smallest absolute Gasteiger partial charge is 0.380 e. The average molecular weight is 301 g/mol. The molecule has 0 fully saturated rings. The molecule has 0 heterocycles. The van der Waals surface area contributed by atoms with Crippen LogP contribution in [0.15, 0.2) is 12.1 Å². The molecule has 7 heteroatoms. The average Bonchev–Trinajstić information content (AvgIpc) is 2.25. The van der Waals surface area contributed by atoms with Gasteiger partial charge in [0, 0.05) is 36.1 Å². The van der Waals surface area contributed by atoms with E-state index >= 15 is 0 Å². The monoisotopic (exact) mass is 300 g/mol. The summed E-state index contributed by atoms with van der Waals surface area (Å²) in [6.07, 6.45) is 0. The minimum atomic E-state index is -2.74. The van der Waals surface area contributed by atoms with Crippen LogP contribution >= 0.6 is 29.9 Å². The van der Waals surface area contributed by atoms with Gasteiger partial charge >= 0.3 is 6.72 Å². The summed E-state index contributed by atoms with van der Waals surface area (Å²) < 4.78 is 15.4. The predicted molar refractivity (Wildman–Crippen MR) is 70.1 cm³/mol. The first-order valence-corrected chi connectivity index (χ1v) is 7.60. The van der Waals surface area contributed by atoms with E-state index in [2.05, 4.69) is 0 Å². The van der Waals surface area contributed by atoms with Gasteiger partial charge in [0.05, 0.1) is 0 Å². The van der Waals surface area contributed by atoms with Crippen molar-refractivity contribution < 1.29 is 13.6 Å². The maximum absolute atomic E-state index is 5.97. The van der Waals surface area contributed by atoms with Gasteiger partial charge in [-0.15, -0.1) is 0 Å². The third-order valence-electron chi connectivity index (χ3n) is 1.92. The van der Waals surface area contributed by atoms with E-state index in [0.29, 0.717) is 15.8 Å². The highest BCUT2D eigenvalue weighted by molar-refractivity contribution is 8.07. The molecule has 1 aromatic carbocycles. The minimum absolute atomic E-state index is 0.438. The Labute approximate surface area is 110 Å². The lowest BCUT2D eigenvalue weighted by molar-refractivity contribution is 0.273. The molecule has 0 spiro atoms. The number of benzene rings is 1. The van der Waals surface area contributed by atoms with Gasteiger partial charge in [-0.25, -0.2) is 0 Å². The zero-order chi connectivity index (χ0) is 12.3. The second-order valence-corrected chi connectivity index (χ2v) is 6.88. The summed E-state index contributed by atoms with van der Waals surface area (Å²) in [6.45, 7) is -0.925. The lowest BCUT2D eigenvalue weighted by Gasteiger charge is -2.18. The predicted octanol–water partition coefficient (Wildman–Crippen LogP) is 4.20. The van der Waals surface area contributed by atoms with Gasteiger partial charge in [0.2, 0.25) is 0 Å². The van der Waals surface area contributed by atoms with E-state index in [4.69, 9.17) is 48.6 Å². The van der Waals surface area contributed by atoms with Gasteiger partial charge < -0.3 is 13.6 Å². The van der Waals surface area contributed by atoms with E-state index in [-0.39, 0.29) is 0 Å². The summed E-state index contributed by atoms with van der Waals surface area (Å²) >= 11 is 17.0. The van der Waals surface area contributed by atoms with Crippen molar-refractivity contribution in [3.05, 3.63) is 27.7 Å². The van der Waals surface area contributed by atoms with Crippen molar-refractivity contribution in [3.8, 4) is 5.75 Å². The van der Waals surface area contributed by atoms with Crippen molar-refractivity contribution in [2.45, 2.75) is 6.92 Å². The zero-order valence-corrected chi connectivity index (χ0v) is 12.2. The van der Waals surface area contributed by atoms with Gasteiger partial charge in [-0.3, -0.25) is 0 Å². The summed E-state index contributed by atoms with van der Waals surface area (Å²) in [5.74, 6) is 0.438. The Kier molecular flexibility index (Phi) is 5.05. The molecule has 0 saturated carbocycles. The van der Waals surface area contributed by atoms with Crippen molar-refractivity contribution >= 4 is 41.7 Å². The fourth-order valence-corrected chi connectivity index (χ4v) is 2.34. The second-order valence-electron chi connectivity index (χ2n) is 2.92. The zero-order valence-electron chi connectivity index (χ0n) is 8.99. The van der Waals surface area contributed by atoms with Crippen LogP contribution < -0.4 is 4.52 Å². The lowest BCUT2D eigenvalue weighted by Crippen LogP contribution is -1.97. The molecule has 0 saturated heterocycles. The molecule has 3 nitrogen and oxygen atoms in total. The van der Waals surface area contributed by atoms with Crippen LogP contribution in [0.4, 0.5) is 0 Å². The maximum atomic E-state index is 5.97. The molecule has 0 unspecified atom stereocenters. The normalized spacial score (nSPS) is 11.6. The SMILES string of the molecule is COP(=S)(OC)Oc1cc(Cl)c(C)c(Cl)c1. The molecular formula is C9H11Cl2O3PS. The van der Waals surface area contributed by atoms with E-state index < -0.39 is 6.72 Å². The van der Waals surface area contributed by atoms with Gasteiger partial charge in [-0.05, 0) is 24.6 Å². The van der Waals surface area contributed by atoms with Gasteiger partial charge in [-0.2, -0.15) is 0 Å². The van der Waals surface area contributed by atoms with E-state index in [0.717, 1.165) is 5.56 Å². The third-order valence-corrected chi connectivity index (χ3v) is 5.15. The van der Waals surface area contributed by atoms with Gasteiger partial charge in [0.15, 0.2) is 0 Å². The molecular weight excluding hydrogens is 290 g/mol. The lowest BCUT2D eigenvalue weighted by atomic mass is 10.2. The third kappa shape index (κ3) is 3.33. The first kappa shape index (κ1) is 14.2. The Morgan fingerprint density at radius 1 is 1.12 bits per heavy atom. The van der Waals surface area contributed by atoms with E-state index in [1.54, 1.807) is 12.1 Å². The Morgan fingerprint density at radius 2 is 1.56 bits per heavy atom.